The minimum absolute atomic E-state index is 0.113. The van der Waals surface area contributed by atoms with Crippen LogP contribution in [-0.4, -0.2) is 4.57 Å². The van der Waals surface area contributed by atoms with Crippen LogP contribution in [0.4, 0.5) is 21.5 Å². The highest BCUT2D eigenvalue weighted by Crippen LogP contribution is 2.52. The largest absolute Gasteiger partial charge is 0.310 e. The Kier molecular flexibility index (Phi) is 5.23. The molecule has 2 nitrogen and oxygen atoms in total. The van der Waals surface area contributed by atoms with Crippen LogP contribution < -0.4 is 4.90 Å². The lowest BCUT2D eigenvalue weighted by Gasteiger charge is -2.34. The molecule has 0 bridgehead atoms. The number of rotatable bonds is 3. The third kappa shape index (κ3) is 3.50. The topological polar surface area (TPSA) is 8.17 Å². The van der Waals surface area contributed by atoms with Crippen LogP contribution in [0.25, 0.3) is 38.6 Å². The highest BCUT2D eigenvalue weighted by molar-refractivity contribution is 6.12. The second-order valence-electron chi connectivity index (χ2n) is 13.6. The molecule has 0 spiro atoms. The van der Waals surface area contributed by atoms with Crippen molar-refractivity contribution in [2.75, 3.05) is 4.90 Å². The van der Waals surface area contributed by atoms with Gasteiger partial charge in [0.15, 0.2) is 0 Å². The van der Waals surface area contributed by atoms with E-state index in [0.717, 1.165) is 17.1 Å². The third-order valence-electron chi connectivity index (χ3n) is 10.4. The van der Waals surface area contributed by atoms with Crippen LogP contribution in [-0.2, 0) is 10.8 Å². The fourth-order valence-electron chi connectivity index (χ4n) is 8.16. The number of aromatic nitrogens is 1. The molecular formula is C42H33FN2. The minimum Gasteiger partial charge on any atom is -0.310 e. The van der Waals surface area contributed by atoms with E-state index in [0.29, 0.717) is 0 Å². The number of halogens is 1. The predicted molar refractivity (Wildman–Crippen MR) is 185 cm³/mol. The highest BCUT2D eigenvalue weighted by Gasteiger charge is 2.37. The summed E-state index contributed by atoms with van der Waals surface area (Å²) in [5, 5.41) is 2.45. The molecule has 0 radical (unpaired) electrons. The summed E-state index contributed by atoms with van der Waals surface area (Å²) in [5.74, 6) is -0.241. The SMILES string of the molecule is CC1(C)c2ccccc2-c2ccc(N(c3ccc(F)cc3)c3ccc4c(c3)c3cccc5c3n4-c3ccccc3C5(C)C)cc21. The molecule has 1 aliphatic heterocycles. The molecule has 0 amide bonds. The second-order valence-corrected chi connectivity index (χ2v) is 13.6. The lowest BCUT2D eigenvalue weighted by atomic mass is 9.75. The van der Waals surface area contributed by atoms with Crippen molar-refractivity contribution in [3.63, 3.8) is 0 Å². The molecular weight excluding hydrogens is 551 g/mol. The molecule has 0 saturated heterocycles. The molecule has 3 heteroatoms. The van der Waals surface area contributed by atoms with Gasteiger partial charge in [-0.15, -0.1) is 0 Å². The molecule has 0 saturated carbocycles. The van der Waals surface area contributed by atoms with Crippen molar-refractivity contribution < 1.29 is 4.39 Å². The van der Waals surface area contributed by atoms with E-state index in [1.165, 1.54) is 60.9 Å². The molecule has 1 aromatic heterocycles. The summed E-state index contributed by atoms with van der Waals surface area (Å²) in [6.07, 6.45) is 0. The van der Waals surface area contributed by atoms with Crippen molar-refractivity contribution in [3.8, 4) is 16.8 Å². The van der Waals surface area contributed by atoms with Crippen LogP contribution in [0.3, 0.4) is 0 Å². The van der Waals surface area contributed by atoms with Crippen molar-refractivity contribution in [1.29, 1.82) is 0 Å². The average molecular weight is 585 g/mol. The Bertz CT molecular complexity index is 2340. The number of anilines is 3. The number of fused-ring (bicyclic) bond motifs is 8. The van der Waals surface area contributed by atoms with Gasteiger partial charge < -0.3 is 9.47 Å². The maximum atomic E-state index is 14.2. The first-order valence-corrected chi connectivity index (χ1v) is 15.7. The zero-order chi connectivity index (χ0) is 30.7. The van der Waals surface area contributed by atoms with E-state index in [-0.39, 0.29) is 16.6 Å². The van der Waals surface area contributed by atoms with E-state index >= 15 is 0 Å². The van der Waals surface area contributed by atoms with Crippen molar-refractivity contribution in [3.05, 3.63) is 155 Å². The van der Waals surface area contributed by atoms with Gasteiger partial charge in [0.25, 0.3) is 0 Å². The second kappa shape index (κ2) is 8.95. The van der Waals surface area contributed by atoms with Gasteiger partial charge in [0.1, 0.15) is 5.82 Å². The van der Waals surface area contributed by atoms with Gasteiger partial charge in [-0.3, -0.25) is 0 Å². The van der Waals surface area contributed by atoms with Crippen LogP contribution in [0.1, 0.15) is 49.9 Å². The van der Waals surface area contributed by atoms with Crippen LogP contribution in [0, 0.1) is 5.82 Å². The first-order valence-electron chi connectivity index (χ1n) is 15.7. The Morgan fingerprint density at radius 2 is 1.13 bits per heavy atom. The van der Waals surface area contributed by atoms with Gasteiger partial charge in [-0.1, -0.05) is 94.4 Å². The van der Waals surface area contributed by atoms with Crippen molar-refractivity contribution in [2.24, 2.45) is 0 Å². The zero-order valence-electron chi connectivity index (χ0n) is 25.9. The average Bonchev–Trinajstić information content (AvgIpc) is 3.50. The summed E-state index contributed by atoms with van der Waals surface area (Å²) in [5.41, 5.74) is 14.4. The third-order valence-corrected chi connectivity index (χ3v) is 10.4. The van der Waals surface area contributed by atoms with E-state index in [2.05, 4.69) is 140 Å². The van der Waals surface area contributed by atoms with Gasteiger partial charge >= 0.3 is 0 Å². The Balaban J connectivity index is 1.29. The lowest BCUT2D eigenvalue weighted by molar-refractivity contribution is 0.628. The molecule has 2 aliphatic rings. The first kappa shape index (κ1) is 26.3. The predicted octanol–water partition coefficient (Wildman–Crippen LogP) is 11.3. The van der Waals surface area contributed by atoms with Crippen LogP contribution >= 0.6 is 0 Å². The van der Waals surface area contributed by atoms with Gasteiger partial charge in [0, 0.05) is 38.7 Å². The van der Waals surface area contributed by atoms with E-state index < -0.39 is 0 Å². The summed E-state index contributed by atoms with van der Waals surface area (Å²) in [4.78, 5) is 2.27. The standard InChI is InChI=1S/C42H33FN2/c1-41(2)34-12-6-5-10-30(34)31-22-20-29(25-37(31)41)44(27-18-16-26(43)17-19-27)28-21-23-38-33(24-28)32-11-9-14-36-40(32)45(38)39-15-8-7-13-35(39)42(36,3)4/h5-25H,1-4H3. The van der Waals surface area contributed by atoms with Crippen molar-refractivity contribution in [1.82, 2.24) is 4.57 Å². The van der Waals surface area contributed by atoms with Crippen molar-refractivity contribution in [2.45, 2.75) is 38.5 Å². The molecule has 0 unspecified atom stereocenters. The van der Waals surface area contributed by atoms with E-state index in [1.807, 2.05) is 12.1 Å². The number of benzene rings is 6. The highest BCUT2D eigenvalue weighted by atomic mass is 19.1. The molecule has 7 aromatic rings. The molecule has 9 rings (SSSR count). The maximum absolute atomic E-state index is 14.2. The monoisotopic (exact) mass is 584 g/mol. The Morgan fingerprint density at radius 1 is 0.511 bits per heavy atom. The van der Waals surface area contributed by atoms with Gasteiger partial charge in [-0.05, 0) is 94.0 Å². The molecule has 218 valence electrons. The van der Waals surface area contributed by atoms with Crippen LogP contribution in [0.5, 0.6) is 0 Å². The molecule has 2 heterocycles. The van der Waals surface area contributed by atoms with E-state index in [1.54, 1.807) is 12.1 Å². The number of hydrogen-bond donors (Lipinski definition) is 0. The number of nitrogens with zero attached hydrogens (tertiary/aromatic N) is 2. The number of para-hydroxylation sites is 2. The van der Waals surface area contributed by atoms with Gasteiger partial charge in [0.2, 0.25) is 0 Å². The van der Waals surface area contributed by atoms with Crippen molar-refractivity contribution >= 4 is 38.9 Å². The smallest absolute Gasteiger partial charge is 0.123 e. The normalized spacial score (nSPS) is 15.1. The van der Waals surface area contributed by atoms with Gasteiger partial charge in [-0.25, -0.2) is 4.39 Å². The molecule has 0 N–H and O–H groups in total. The Hall–Kier alpha value is -5.15. The summed E-state index contributed by atoms with van der Waals surface area (Å²) in [7, 11) is 0. The number of hydrogen-bond acceptors (Lipinski definition) is 1. The van der Waals surface area contributed by atoms with E-state index in [4.69, 9.17) is 0 Å². The lowest BCUT2D eigenvalue weighted by Crippen LogP contribution is -2.26. The van der Waals surface area contributed by atoms with Crippen LogP contribution in [0.2, 0.25) is 0 Å². The fourth-order valence-corrected chi connectivity index (χ4v) is 8.16. The van der Waals surface area contributed by atoms with Gasteiger partial charge in [0.05, 0.1) is 16.7 Å². The zero-order valence-corrected chi connectivity index (χ0v) is 25.9. The quantitative estimate of drug-likeness (QED) is 0.201. The first-order chi connectivity index (χ1) is 21.7. The fraction of sp³-hybridized carbons (Fsp3) is 0.143. The Morgan fingerprint density at radius 3 is 1.96 bits per heavy atom. The molecule has 1 aliphatic carbocycles. The summed E-state index contributed by atoms with van der Waals surface area (Å²) in [6, 6.07) is 44.7. The summed E-state index contributed by atoms with van der Waals surface area (Å²) >= 11 is 0. The molecule has 45 heavy (non-hydrogen) atoms. The minimum atomic E-state index is -0.241. The molecule has 0 fully saturated rings. The Labute approximate surface area is 263 Å². The van der Waals surface area contributed by atoms with Gasteiger partial charge in [-0.2, -0.15) is 0 Å². The summed E-state index contributed by atoms with van der Waals surface area (Å²) in [6.45, 7) is 9.28. The maximum Gasteiger partial charge on any atom is 0.123 e. The molecule has 6 aromatic carbocycles. The van der Waals surface area contributed by atoms with E-state index in [9.17, 15) is 4.39 Å². The summed E-state index contributed by atoms with van der Waals surface area (Å²) < 4.78 is 16.7. The molecule has 0 atom stereocenters. The van der Waals surface area contributed by atoms with Crippen LogP contribution in [0.15, 0.2) is 127 Å².